The summed E-state index contributed by atoms with van der Waals surface area (Å²) < 4.78 is 19.1. The van der Waals surface area contributed by atoms with Gasteiger partial charge in [0.15, 0.2) is 11.6 Å². The van der Waals surface area contributed by atoms with Crippen LogP contribution < -0.4 is 16.2 Å². The Bertz CT molecular complexity index is 555. The third-order valence-corrected chi connectivity index (χ3v) is 2.40. The molecule has 0 aliphatic heterocycles. The van der Waals surface area contributed by atoms with Crippen LogP contribution in [0.1, 0.15) is 5.56 Å². The zero-order valence-corrected chi connectivity index (χ0v) is 9.41. The third-order valence-electron chi connectivity index (χ3n) is 2.40. The molecule has 0 aliphatic carbocycles. The van der Waals surface area contributed by atoms with Gasteiger partial charge in [-0.25, -0.2) is 4.39 Å². The molecule has 0 spiro atoms. The average molecular weight is 232 g/mol. The first kappa shape index (κ1) is 11.3. The van der Waals surface area contributed by atoms with Gasteiger partial charge >= 0.3 is 0 Å². The maximum Gasteiger partial charge on any atom is 0.190 e. The van der Waals surface area contributed by atoms with Crippen molar-refractivity contribution in [2.75, 3.05) is 11.5 Å². The van der Waals surface area contributed by atoms with E-state index in [1.807, 2.05) is 25.1 Å². The zero-order valence-electron chi connectivity index (χ0n) is 9.41. The van der Waals surface area contributed by atoms with E-state index in [4.69, 9.17) is 16.2 Å². The average Bonchev–Trinajstić information content (AvgIpc) is 2.30. The molecule has 0 aliphatic rings. The van der Waals surface area contributed by atoms with E-state index >= 15 is 0 Å². The molecule has 0 radical (unpaired) electrons. The van der Waals surface area contributed by atoms with Crippen LogP contribution >= 0.6 is 0 Å². The van der Waals surface area contributed by atoms with Crippen LogP contribution in [0.4, 0.5) is 15.8 Å². The molecule has 2 aromatic rings. The van der Waals surface area contributed by atoms with Gasteiger partial charge in [0.25, 0.3) is 0 Å². The molecule has 4 heteroatoms. The minimum Gasteiger partial charge on any atom is -0.454 e. The van der Waals surface area contributed by atoms with Gasteiger partial charge < -0.3 is 16.2 Å². The van der Waals surface area contributed by atoms with Crippen molar-refractivity contribution in [1.82, 2.24) is 0 Å². The molecule has 2 rings (SSSR count). The van der Waals surface area contributed by atoms with Crippen molar-refractivity contribution in [3.8, 4) is 11.5 Å². The second-order valence-corrected chi connectivity index (χ2v) is 3.80. The van der Waals surface area contributed by atoms with Crippen molar-refractivity contribution in [1.29, 1.82) is 0 Å². The van der Waals surface area contributed by atoms with Gasteiger partial charge in [-0.05, 0) is 36.8 Å². The van der Waals surface area contributed by atoms with Crippen molar-refractivity contribution in [2.45, 2.75) is 6.92 Å². The van der Waals surface area contributed by atoms with Crippen molar-refractivity contribution in [3.63, 3.8) is 0 Å². The van der Waals surface area contributed by atoms with Crippen molar-refractivity contribution in [2.24, 2.45) is 0 Å². The number of halogens is 1. The Kier molecular flexibility index (Phi) is 2.87. The van der Waals surface area contributed by atoms with Gasteiger partial charge in [0.1, 0.15) is 5.75 Å². The number of nitrogens with two attached hydrogens (primary N) is 2. The summed E-state index contributed by atoms with van der Waals surface area (Å²) >= 11 is 0. The summed E-state index contributed by atoms with van der Waals surface area (Å²) in [5.74, 6) is 0.00174. The van der Waals surface area contributed by atoms with Gasteiger partial charge in [0.2, 0.25) is 0 Å². The molecule has 3 nitrogen and oxygen atoms in total. The molecule has 0 saturated carbocycles. The van der Waals surface area contributed by atoms with E-state index in [0.717, 1.165) is 5.56 Å². The maximum atomic E-state index is 13.7. The topological polar surface area (TPSA) is 61.3 Å². The second-order valence-electron chi connectivity index (χ2n) is 3.80. The summed E-state index contributed by atoms with van der Waals surface area (Å²) in [6, 6.07) is 10.3. The van der Waals surface area contributed by atoms with Crippen molar-refractivity contribution in [3.05, 3.63) is 47.8 Å². The molecule has 17 heavy (non-hydrogen) atoms. The summed E-state index contributed by atoms with van der Waals surface area (Å²) in [5.41, 5.74) is 12.1. The fourth-order valence-electron chi connectivity index (χ4n) is 1.47. The van der Waals surface area contributed by atoms with Gasteiger partial charge in [-0.1, -0.05) is 12.1 Å². The number of aryl methyl sites for hydroxylation is 1. The minimum atomic E-state index is -0.633. The van der Waals surface area contributed by atoms with Crippen molar-refractivity contribution >= 4 is 11.4 Å². The molecule has 2 aromatic carbocycles. The van der Waals surface area contributed by atoms with E-state index in [2.05, 4.69) is 0 Å². The zero-order chi connectivity index (χ0) is 12.4. The predicted molar refractivity (Wildman–Crippen MR) is 66.5 cm³/mol. The molecule has 0 unspecified atom stereocenters. The third kappa shape index (κ3) is 2.30. The monoisotopic (exact) mass is 232 g/mol. The number of anilines is 2. The molecule has 4 N–H and O–H groups in total. The van der Waals surface area contributed by atoms with Crippen LogP contribution in [0.25, 0.3) is 0 Å². The summed E-state index contributed by atoms with van der Waals surface area (Å²) in [4.78, 5) is 0. The first-order chi connectivity index (χ1) is 8.08. The number of benzene rings is 2. The van der Waals surface area contributed by atoms with Crippen LogP contribution in [-0.2, 0) is 0 Å². The predicted octanol–water partition coefficient (Wildman–Crippen LogP) is 3.09. The van der Waals surface area contributed by atoms with Crippen LogP contribution in [0, 0.1) is 12.7 Å². The summed E-state index contributed by atoms with van der Waals surface area (Å²) in [7, 11) is 0. The van der Waals surface area contributed by atoms with Crippen LogP contribution in [0.3, 0.4) is 0 Å². The van der Waals surface area contributed by atoms with Gasteiger partial charge in [0.05, 0.1) is 11.4 Å². The first-order valence-electron chi connectivity index (χ1n) is 5.16. The molecule has 0 heterocycles. The Morgan fingerprint density at radius 3 is 2.59 bits per heavy atom. The quantitative estimate of drug-likeness (QED) is 0.782. The first-order valence-corrected chi connectivity index (χ1v) is 5.16. The highest BCUT2D eigenvalue weighted by molar-refractivity contribution is 5.66. The second kappa shape index (κ2) is 4.33. The lowest BCUT2D eigenvalue weighted by Crippen LogP contribution is -1.99. The summed E-state index contributed by atoms with van der Waals surface area (Å²) in [6.07, 6.45) is 0. The van der Waals surface area contributed by atoms with Gasteiger partial charge in [-0.3, -0.25) is 0 Å². The molecule has 0 bridgehead atoms. The van der Waals surface area contributed by atoms with Gasteiger partial charge in [-0.15, -0.1) is 0 Å². The van der Waals surface area contributed by atoms with E-state index in [9.17, 15) is 4.39 Å². The Labute approximate surface area is 98.8 Å². The molecular weight excluding hydrogens is 219 g/mol. The Morgan fingerprint density at radius 2 is 1.88 bits per heavy atom. The lowest BCUT2D eigenvalue weighted by molar-refractivity contribution is 0.444. The van der Waals surface area contributed by atoms with Crippen LogP contribution in [0.15, 0.2) is 36.4 Å². The van der Waals surface area contributed by atoms with E-state index in [-0.39, 0.29) is 17.1 Å². The summed E-state index contributed by atoms with van der Waals surface area (Å²) in [6.45, 7) is 1.93. The highest BCUT2D eigenvalue weighted by atomic mass is 19.1. The minimum absolute atomic E-state index is 0.0716. The Morgan fingerprint density at radius 1 is 1.12 bits per heavy atom. The highest BCUT2D eigenvalue weighted by Crippen LogP contribution is 2.31. The van der Waals surface area contributed by atoms with Crippen LogP contribution in [0.2, 0.25) is 0 Å². The van der Waals surface area contributed by atoms with Crippen LogP contribution in [0.5, 0.6) is 11.5 Å². The van der Waals surface area contributed by atoms with E-state index < -0.39 is 5.82 Å². The maximum absolute atomic E-state index is 13.7. The number of hydrogen-bond acceptors (Lipinski definition) is 3. The Balaban J connectivity index is 2.34. The lowest BCUT2D eigenvalue weighted by atomic mass is 10.2. The van der Waals surface area contributed by atoms with Gasteiger partial charge in [0, 0.05) is 0 Å². The largest absolute Gasteiger partial charge is 0.454 e. The summed E-state index contributed by atoms with van der Waals surface area (Å²) in [5, 5.41) is 0. The number of rotatable bonds is 2. The molecule has 0 amide bonds. The highest BCUT2D eigenvalue weighted by Gasteiger charge is 2.10. The molecular formula is C13H13FN2O. The molecule has 0 atom stereocenters. The fraction of sp³-hybridized carbons (Fsp3) is 0.0769. The molecule has 0 saturated heterocycles. The van der Waals surface area contributed by atoms with E-state index in [1.165, 1.54) is 12.1 Å². The molecule has 0 fully saturated rings. The molecule has 0 aromatic heterocycles. The number of nitrogen functional groups attached to an aromatic ring is 2. The SMILES string of the molecule is Cc1cccc(Oc2ccc(N)c(N)c2F)c1. The van der Waals surface area contributed by atoms with E-state index in [0.29, 0.717) is 5.75 Å². The normalized spacial score (nSPS) is 10.2. The standard InChI is InChI=1S/C13H13FN2O/c1-8-3-2-4-9(7-8)17-11-6-5-10(15)13(16)12(11)14/h2-7H,15-16H2,1H3. The smallest absolute Gasteiger partial charge is 0.190 e. The van der Waals surface area contributed by atoms with Gasteiger partial charge in [-0.2, -0.15) is 0 Å². The Hall–Kier alpha value is -2.23. The molecule has 88 valence electrons. The number of hydrogen-bond donors (Lipinski definition) is 2. The lowest BCUT2D eigenvalue weighted by Gasteiger charge is -2.09. The van der Waals surface area contributed by atoms with Crippen LogP contribution in [-0.4, -0.2) is 0 Å². The van der Waals surface area contributed by atoms with E-state index in [1.54, 1.807) is 6.07 Å². The number of ether oxygens (including phenoxy) is 1. The van der Waals surface area contributed by atoms with Crippen molar-refractivity contribution < 1.29 is 9.13 Å². The fourth-order valence-corrected chi connectivity index (χ4v) is 1.47.